The molecule has 0 bridgehead atoms. The highest BCUT2D eigenvalue weighted by Gasteiger charge is 2.28. The molecule has 2 aliphatic heterocycles. The third kappa shape index (κ3) is 4.12. The summed E-state index contributed by atoms with van der Waals surface area (Å²) in [5.74, 6) is 0.689. The van der Waals surface area contributed by atoms with Gasteiger partial charge in [-0.1, -0.05) is 25.5 Å². The number of anilines is 1. The van der Waals surface area contributed by atoms with Gasteiger partial charge < -0.3 is 10.6 Å². The fourth-order valence-electron chi connectivity index (χ4n) is 3.46. The van der Waals surface area contributed by atoms with E-state index in [4.69, 9.17) is 0 Å². The van der Waals surface area contributed by atoms with Gasteiger partial charge in [0.05, 0.1) is 0 Å². The van der Waals surface area contributed by atoms with E-state index in [1.807, 2.05) is 19.1 Å². The van der Waals surface area contributed by atoms with Gasteiger partial charge in [-0.3, -0.25) is 9.69 Å². The number of carbonyl (C=O) groups excluding carboxylic acids is 1. The Labute approximate surface area is 139 Å². The normalized spacial score (nSPS) is 24.0. The lowest BCUT2D eigenvalue weighted by molar-refractivity contribution is -0.121. The molecule has 3 rings (SSSR count). The smallest absolute Gasteiger partial charge is 0.227 e. The molecule has 1 amide bonds. The number of rotatable bonds is 5. The molecule has 0 aromatic heterocycles. The number of likely N-dealkylation sites (tertiary alicyclic amines) is 1. The first-order valence-corrected chi connectivity index (χ1v) is 8.98. The molecule has 2 fully saturated rings. The molecule has 1 aromatic rings. The molecule has 4 nitrogen and oxygen atoms in total. The molecule has 2 saturated heterocycles. The van der Waals surface area contributed by atoms with Gasteiger partial charge in [0, 0.05) is 24.2 Å². The predicted molar refractivity (Wildman–Crippen MR) is 94.3 cm³/mol. The number of amides is 1. The maximum absolute atomic E-state index is 12.2. The van der Waals surface area contributed by atoms with Gasteiger partial charge in [-0.15, -0.1) is 0 Å². The van der Waals surface area contributed by atoms with Crippen LogP contribution < -0.4 is 10.6 Å². The Morgan fingerprint density at radius 3 is 2.65 bits per heavy atom. The monoisotopic (exact) mass is 315 g/mol. The average Bonchev–Trinajstić information content (AvgIpc) is 2.49. The number of nitrogens with zero attached hydrogens (tertiary/aromatic N) is 1. The summed E-state index contributed by atoms with van der Waals surface area (Å²) in [6.45, 7) is 8.48. The van der Waals surface area contributed by atoms with Crippen molar-refractivity contribution in [3.63, 3.8) is 0 Å². The standard InChI is InChI=1S/C19H29N3O/c1-14-5-3-4-10-22(14)13-16-6-8-18(9-7-16)21-19(23)15(2)17-11-20-12-17/h6-9,14-15,17,20H,3-5,10-13H2,1-2H3,(H,21,23). The maximum atomic E-state index is 12.2. The molecule has 0 aliphatic carbocycles. The lowest BCUT2D eigenvalue weighted by Crippen LogP contribution is -2.48. The van der Waals surface area contributed by atoms with Crippen molar-refractivity contribution in [1.29, 1.82) is 0 Å². The Kier molecular flexibility index (Phi) is 5.34. The van der Waals surface area contributed by atoms with Gasteiger partial charge in [-0.25, -0.2) is 0 Å². The minimum Gasteiger partial charge on any atom is -0.326 e. The van der Waals surface area contributed by atoms with Crippen LogP contribution in [-0.4, -0.2) is 36.5 Å². The number of nitrogens with one attached hydrogen (secondary N) is 2. The number of piperidine rings is 1. The number of carbonyl (C=O) groups is 1. The van der Waals surface area contributed by atoms with Gasteiger partial charge in [0.25, 0.3) is 0 Å². The summed E-state index contributed by atoms with van der Waals surface area (Å²) in [7, 11) is 0. The molecule has 2 aliphatic rings. The van der Waals surface area contributed by atoms with E-state index in [0.717, 1.165) is 25.3 Å². The van der Waals surface area contributed by atoms with Crippen LogP contribution in [-0.2, 0) is 11.3 Å². The highest BCUT2D eigenvalue weighted by atomic mass is 16.1. The van der Waals surface area contributed by atoms with Crippen molar-refractivity contribution in [2.45, 2.75) is 45.7 Å². The molecule has 4 heteroatoms. The second-order valence-electron chi connectivity index (χ2n) is 7.21. The van der Waals surface area contributed by atoms with Crippen LogP contribution in [0.3, 0.4) is 0 Å². The topological polar surface area (TPSA) is 44.4 Å². The van der Waals surface area contributed by atoms with E-state index >= 15 is 0 Å². The zero-order valence-corrected chi connectivity index (χ0v) is 14.3. The molecule has 2 atom stereocenters. The zero-order valence-electron chi connectivity index (χ0n) is 14.3. The van der Waals surface area contributed by atoms with Crippen molar-refractivity contribution in [3.05, 3.63) is 29.8 Å². The quantitative estimate of drug-likeness (QED) is 0.878. The molecule has 2 N–H and O–H groups in total. The van der Waals surface area contributed by atoms with Crippen LogP contribution >= 0.6 is 0 Å². The molecule has 0 spiro atoms. The Balaban J connectivity index is 1.53. The summed E-state index contributed by atoms with van der Waals surface area (Å²) in [5, 5.41) is 6.28. The van der Waals surface area contributed by atoms with Gasteiger partial charge in [0.1, 0.15) is 0 Å². The Hall–Kier alpha value is -1.39. The fourth-order valence-corrected chi connectivity index (χ4v) is 3.46. The fraction of sp³-hybridized carbons (Fsp3) is 0.632. The molecule has 1 aromatic carbocycles. The van der Waals surface area contributed by atoms with Crippen LogP contribution in [0.1, 0.15) is 38.7 Å². The number of benzene rings is 1. The van der Waals surface area contributed by atoms with E-state index in [-0.39, 0.29) is 11.8 Å². The lowest BCUT2D eigenvalue weighted by atomic mass is 9.88. The van der Waals surface area contributed by atoms with Crippen LogP contribution in [0.4, 0.5) is 5.69 Å². The number of hydrogen-bond donors (Lipinski definition) is 2. The first-order valence-electron chi connectivity index (χ1n) is 8.98. The Morgan fingerprint density at radius 1 is 1.30 bits per heavy atom. The lowest BCUT2D eigenvalue weighted by Gasteiger charge is -2.33. The minimum atomic E-state index is 0.0742. The second kappa shape index (κ2) is 7.45. The molecular weight excluding hydrogens is 286 g/mol. The molecule has 0 radical (unpaired) electrons. The molecule has 126 valence electrons. The average molecular weight is 315 g/mol. The van der Waals surface area contributed by atoms with E-state index in [2.05, 4.69) is 34.6 Å². The largest absolute Gasteiger partial charge is 0.326 e. The Morgan fingerprint density at radius 2 is 2.04 bits per heavy atom. The van der Waals surface area contributed by atoms with E-state index in [0.29, 0.717) is 12.0 Å². The van der Waals surface area contributed by atoms with E-state index in [1.54, 1.807) is 0 Å². The minimum absolute atomic E-state index is 0.0742. The molecular formula is C19H29N3O. The summed E-state index contributed by atoms with van der Waals surface area (Å²) in [6, 6.07) is 9.04. The molecule has 2 unspecified atom stereocenters. The van der Waals surface area contributed by atoms with Crippen molar-refractivity contribution in [3.8, 4) is 0 Å². The number of hydrogen-bond acceptors (Lipinski definition) is 3. The van der Waals surface area contributed by atoms with E-state index in [1.165, 1.54) is 31.4 Å². The zero-order chi connectivity index (χ0) is 16.2. The molecule has 2 heterocycles. The van der Waals surface area contributed by atoms with E-state index < -0.39 is 0 Å². The van der Waals surface area contributed by atoms with Gasteiger partial charge in [0.15, 0.2) is 0 Å². The predicted octanol–water partition coefficient (Wildman–Crippen LogP) is 2.86. The van der Waals surface area contributed by atoms with Crippen molar-refractivity contribution < 1.29 is 4.79 Å². The van der Waals surface area contributed by atoms with Crippen molar-refractivity contribution in [2.24, 2.45) is 11.8 Å². The van der Waals surface area contributed by atoms with E-state index in [9.17, 15) is 4.79 Å². The van der Waals surface area contributed by atoms with Crippen LogP contribution in [0.2, 0.25) is 0 Å². The second-order valence-corrected chi connectivity index (χ2v) is 7.21. The molecule has 23 heavy (non-hydrogen) atoms. The summed E-state index contributed by atoms with van der Waals surface area (Å²) in [4.78, 5) is 14.8. The summed E-state index contributed by atoms with van der Waals surface area (Å²) in [6.07, 6.45) is 3.98. The van der Waals surface area contributed by atoms with Crippen LogP contribution in [0.25, 0.3) is 0 Å². The van der Waals surface area contributed by atoms with Gasteiger partial charge in [0.2, 0.25) is 5.91 Å². The molecule has 0 saturated carbocycles. The van der Waals surface area contributed by atoms with Gasteiger partial charge >= 0.3 is 0 Å². The summed E-state index contributed by atoms with van der Waals surface area (Å²) < 4.78 is 0. The first-order chi connectivity index (χ1) is 11.1. The summed E-state index contributed by atoms with van der Waals surface area (Å²) >= 11 is 0. The third-order valence-corrected chi connectivity index (χ3v) is 5.48. The SMILES string of the molecule is CC(C(=O)Nc1ccc(CN2CCCCC2C)cc1)C1CNC1. The van der Waals surface area contributed by atoms with Crippen LogP contribution in [0.15, 0.2) is 24.3 Å². The van der Waals surface area contributed by atoms with Crippen molar-refractivity contribution in [1.82, 2.24) is 10.2 Å². The van der Waals surface area contributed by atoms with Crippen LogP contribution in [0.5, 0.6) is 0 Å². The Bertz CT molecular complexity index is 524. The van der Waals surface area contributed by atoms with Gasteiger partial charge in [-0.2, -0.15) is 0 Å². The highest BCUT2D eigenvalue weighted by Crippen LogP contribution is 2.21. The maximum Gasteiger partial charge on any atom is 0.227 e. The van der Waals surface area contributed by atoms with Gasteiger partial charge in [-0.05, 0) is 63.0 Å². The van der Waals surface area contributed by atoms with Crippen molar-refractivity contribution in [2.75, 3.05) is 25.0 Å². The van der Waals surface area contributed by atoms with Crippen molar-refractivity contribution >= 4 is 11.6 Å². The third-order valence-electron chi connectivity index (χ3n) is 5.48. The first kappa shape index (κ1) is 16.5. The van der Waals surface area contributed by atoms with Crippen LogP contribution in [0, 0.1) is 11.8 Å². The summed E-state index contributed by atoms with van der Waals surface area (Å²) in [5.41, 5.74) is 2.23. The highest BCUT2D eigenvalue weighted by molar-refractivity contribution is 5.92.